The van der Waals surface area contributed by atoms with Gasteiger partial charge in [0.15, 0.2) is 0 Å². The lowest BCUT2D eigenvalue weighted by Crippen LogP contribution is -2.28. The highest BCUT2D eigenvalue weighted by molar-refractivity contribution is 7.12. The van der Waals surface area contributed by atoms with Gasteiger partial charge < -0.3 is 10.2 Å². The Hall–Kier alpha value is -3.07. The van der Waals surface area contributed by atoms with E-state index in [0.29, 0.717) is 22.7 Å². The van der Waals surface area contributed by atoms with Crippen LogP contribution in [0.4, 0.5) is 0 Å². The molecular weight excluding hydrogens is 364 g/mol. The summed E-state index contributed by atoms with van der Waals surface area (Å²) in [5.74, 6) is -0.147. The molecule has 0 atom stereocenters. The second-order valence-corrected chi connectivity index (χ2v) is 7.19. The first-order valence-electron chi connectivity index (χ1n) is 8.69. The molecule has 0 bridgehead atoms. The van der Waals surface area contributed by atoms with Gasteiger partial charge in [0.25, 0.3) is 11.8 Å². The summed E-state index contributed by atoms with van der Waals surface area (Å²) in [5, 5.41) is 15.8. The van der Waals surface area contributed by atoms with E-state index < -0.39 is 0 Å². The third kappa shape index (κ3) is 3.72. The van der Waals surface area contributed by atoms with Crippen LogP contribution in [-0.2, 0) is 6.54 Å². The summed E-state index contributed by atoms with van der Waals surface area (Å²) in [6, 6.07) is 9.21. The maximum Gasteiger partial charge on any atom is 0.263 e. The molecule has 2 aromatic heterocycles. The van der Waals surface area contributed by atoms with Crippen LogP contribution in [0.3, 0.4) is 0 Å². The van der Waals surface area contributed by atoms with Gasteiger partial charge in [-0.2, -0.15) is 4.68 Å². The van der Waals surface area contributed by atoms with Crippen molar-refractivity contribution in [3.63, 3.8) is 0 Å². The molecule has 0 spiro atoms. The number of thiophene rings is 1. The standard InChI is InChI=1S/C18H18N6O2S/c25-17(16-15(6-9-27-16)24-12-20-21-22-24)19-11-13-4-3-5-14(10-13)18(26)23-7-1-2-8-23/h3-6,9-10,12H,1-2,7-8,11H2,(H,19,25). The fourth-order valence-corrected chi connectivity index (χ4v) is 3.90. The molecule has 138 valence electrons. The molecule has 8 nitrogen and oxygen atoms in total. The second kappa shape index (κ2) is 7.67. The zero-order valence-electron chi connectivity index (χ0n) is 14.5. The van der Waals surface area contributed by atoms with E-state index in [1.807, 2.05) is 34.5 Å². The minimum Gasteiger partial charge on any atom is -0.347 e. The smallest absolute Gasteiger partial charge is 0.263 e. The van der Waals surface area contributed by atoms with Crippen LogP contribution in [-0.4, -0.2) is 50.0 Å². The average Bonchev–Trinajstić information content (AvgIpc) is 3.46. The van der Waals surface area contributed by atoms with Crippen molar-refractivity contribution < 1.29 is 9.59 Å². The Balaban J connectivity index is 1.43. The molecule has 27 heavy (non-hydrogen) atoms. The highest BCUT2D eigenvalue weighted by Gasteiger charge is 2.20. The van der Waals surface area contributed by atoms with Crippen molar-refractivity contribution >= 4 is 23.2 Å². The predicted octanol–water partition coefficient (Wildman–Crippen LogP) is 1.89. The van der Waals surface area contributed by atoms with Crippen molar-refractivity contribution in [3.05, 3.63) is 58.0 Å². The number of amides is 2. The highest BCUT2D eigenvalue weighted by Crippen LogP contribution is 2.20. The zero-order valence-corrected chi connectivity index (χ0v) is 15.4. The van der Waals surface area contributed by atoms with E-state index in [1.165, 1.54) is 22.3 Å². The molecule has 0 saturated carbocycles. The monoisotopic (exact) mass is 382 g/mol. The first kappa shape index (κ1) is 17.3. The molecule has 3 heterocycles. The molecule has 9 heteroatoms. The number of carbonyl (C=O) groups is 2. The molecular formula is C18H18N6O2S. The average molecular weight is 382 g/mol. The Labute approximate surface area is 159 Å². The van der Waals surface area contributed by atoms with Gasteiger partial charge in [-0.3, -0.25) is 9.59 Å². The maximum absolute atomic E-state index is 12.6. The molecule has 1 aliphatic heterocycles. The van der Waals surface area contributed by atoms with Gasteiger partial charge in [-0.25, -0.2) is 0 Å². The Morgan fingerprint density at radius 3 is 2.81 bits per heavy atom. The third-order valence-electron chi connectivity index (χ3n) is 4.47. The van der Waals surface area contributed by atoms with Crippen molar-refractivity contribution in [3.8, 4) is 5.69 Å². The normalized spacial score (nSPS) is 13.7. The molecule has 0 radical (unpaired) electrons. The van der Waals surface area contributed by atoms with E-state index >= 15 is 0 Å². The number of aromatic nitrogens is 4. The van der Waals surface area contributed by atoms with Crippen molar-refractivity contribution in [1.82, 2.24) is 30.4 Å². The number of carbonyl (C=O) groups excluding carboxylic acids is 2. The summed E-state index contributed by atoms with van der Waals surface area (Å²) < 4.78 is 1.46. The molecule has 2 amide bonds. The topological polar surface area (TPSA) is 93.0 Å². The third-order valence-corrected chi connectivity index (χ3v) is 5.37. The minimum atomic E-state index is -0.202. The van der Waals surface area contributed by atoms with Crippen LogP contribution >= 0.6 is 11.3 Å². The Morgan fingerprint density at radius 2 is 2.04 bits per heavy atom. The van der Waals surface area contributed by atoms with Crippen LogP contribution in [0, 0.1) is 0 Å². The lowest BCUT2D eigenvalue weighted by molar-refractivity contribution is 0.0792. The Morgan fingerprint density at radius 1 is 1.19 bits per heavy atom. The van der Waals surface area contributed by atoms with Gasteiger partial charge in [0.1, 0.15) is 11.2 Å². The number of hydrogen-bond donors (Lipinski definition) is 1. The summed E-state index contributed by atoms with van der Waals surface area (Å²) >= 11 is 1.33. The fraction of sp³-hybridized carbons (Fsp3) is 0.278. The lowest BCUT2D eigenvalue weighted by Gasteiger charge is -2.15. The Bertz CT molecular complexity index is 946. The molecule has 1 fully saturated rings. The maximum atomic E-state index is 12.6. The number of rotatable bonds is 5. The summed E-state index contributed by atoms with van der Waals surface area (Å²) in [7, 11) is 0. The van der Waals surface area contributed by atoms with Crippen molar-refractivity contribution in [2.45, 2.75) is 19.4 Å². The number of benzene rings is 1. The molecule has 0 unspecified atom stereocenters. The second-order valence-electron chi connectivity index (χ2n) is 6.27. The molecule has 4 rings (SSSR count). The SMILES string of the molecule is O=C(NCc1cccc(C(=O)N2CCCC2)c1)c1sccc1-n1cnnn1. The number of likely N-dealkylation sites (tertiary alicyclic amines) is 1. The van der Waals surface area contributed by atoms with E-state index in [0.717, 1.165) is 31.5 Å². The number of hydrogen-bond acceptors (Lipinski definition) is 6. The number of tetrazole rings is 1. The summed E-state index contributed by atoms with van der Waals surface area (Å²) in [4.78, 5) is 27.5. The summed E-state index contributed by atoms with van der Waals surface area (Å²) in [6.07, 6.45) is 3.57. The van der Waals surface area contributed by atoms with E-state index in [2.05, 4.69) is 20.8 Å². The summed E-state index contributed by atoms with van der Waals surface area (Å²) in [6.45, 7) is 1.98. The van der Waals surface area contributed by atoms with Gasteiger partial charge in [-0.1, -0.05) is 12.1 Å². The number of nitrogens with zero attached hydrogens (tertiary/aromatic N) is 5. The van der Waals surface area contributed by atoms with E-state index in [9.17, 15) is 9.59 Å². The number of nitrogens with one attached hydrogen (secondary N) is 1. The van der Waals surface area contributed by atoms with Crippen molar-refractivity contribution in [1.29, 1.82) is 0 Å². The molecule has 1 aromatic carbocycles. The van der Waals surface area contributed by atoms with Gasteiger partial charge in [-0.15, -0.1) is 16.4 Å². The summed E-state index contributed by atoms with van der Waals surface area (Å²) in [5.41, 5.74) is 2.18. The lowest BCUT2D eigenvalue weighted by atomic mass is 10.1. The van der Waals surface area contributed by atoms with Crippen LogP contribution in [0.5, 0.6) is 0 Å². The fourth-order valence-electron chi connectivity index (χ4n) is 3.10. The minimum absolute atomic E-state index is 0.0555. The molecule has 1 N–H and O–H groups in total. The molecule has 1 aliphatic rings. The van der Waals surface area contributed by atoms with E-state index in [4.69, 9.17) is 0 Å². The first-order chi connectivity index (χ1) is 13.2. The van der Waals surface area contributed by atoms with Gasteiger partial charge in [0.05, 0.1) is 5.69 Å². The quantitative estimate of drug-likeness (QED) is 0.727. The van der Waals surface area contributed by atoms with Crippen LogP contribution in [0.1, 0.15) is 38.4 Å². The molecule has 1 saturated heterocycles. The van der Waals surface area contributed by atoms with E-state index in [-0.39, 0.29) is 11.8 Å². The van der Waals surface area contributed by atoms with Crippen molar-refractivity contribution in [2.24, 2.45) is 0 Å². The van der Waals surface area contributed by atoms with Crippen LogP contribution < -0.4 is 5.32 Å². The largest absolute Gasteiger partial charge is 0.347 e. The first-order valence-corrected chi connectivity index (χ1v) is 9.57. The van der Waals surface area contributed by atoms with E-state index in [1.54, 1.807) is 6.07 Å². The Kier molecular flexibility index (Phi) is 4.93. The van der Waals surface area contributed by atoms with Gasteiger partial charge in [-0.05, 0) is 52.4 Å². The molecule has 0 aliphatic carbocycles. The van der Waals surface area contributed by atoms with Crippen LogP contribution in [0.25, 0.3) is 5.69 Å². The predicted molar refractivity (Wildman–Crippen MR) is 99.8 cm³/mol. The van der Waals surface area contributed by atoms with Crippen LogP contribution in [0.15, 0.2) is 42.0 Å². The molecule has 3 aromatic rings. The van der Waals surface area contributed by atoms with Gasteiger partial charge in [0, 0.05) is 25.2 Å². The van der Waals surface area contributed by atoms with Crippen LogP contribution in [0.2, 0.25) is 0 Å². The zero-order chi connectivity index (χ0) is 18.6. The van der Waals surface area contributed by atoms with Crippen molar-refractivity contribution in [2.75, 3.05) is 13.1 Å². The van der Waals surface area contributed by atoms with Gasteiger partial charge in [0.2, 0.25) is 0 Å². The highest BCUT2D eigenvalue weighted by atomic mass is 32.1. The van der Waals surface area contributed by atoms with Gasteiger partial charge >= 0.3 is 0 Å².